The Morgan fingerprint density at radius 2 is 2.09 bits per heavy atom. The van der Waals surface area contributed by atoms with Crippen LogP contribution in [0.1, 0.15) is 23.2 Å². The lowest BCUT2D eigenvalue weighted by Gasteiger charge is -2.29. The van der Waals surface area contributed by atoms with Gasteiger partial charge in [-0.15, -0.1) is 0 Å². The molecular formula is C17H19N3O2. The molecule has 0 fully saturated rings. The molecule has 1 aromatic heterocycles. The van der Waals surface area contributed by atoms with Gasteiger partial charge in [0.1, 0.15) is 5.75 Å². The molecule has 2 aliphatic rings. The van der Waals surface area contributed by atoms with Crippen LogP contribution in [0.2, 0.25) is 0 Å². The molecule has 5 heteroatoms. The summed E-state index contributed by atoms with van der Waals surface area (Å²) in [6, 6.07) is 9.62. The van der Waals surface area contributed by atoms with E-state index in [1.165, 1.54) is 17.0 Å². The Morgan fingerprint density at radius 3 is 3.00 bits per heavy atom. The normalized spacial score (nSPS) is 19.7. The number of aryl methyl sites for hydroxylation is 2. The number of benzene rings is 1. The summed E-state index contributed by atoms with van der Waals surface area (Å²) < 4.78 is 5.89. The average molecular weight is 297 g/mol. The molecule has 2 heterocycles. The Morgan fingerprint density at radius 1 is 1.18 bits per heavy atom. The van der Waals surface area contributed by atoms with Gasteiger partial charge in [0.05, 0.1) is 12.2 Å². The summed E-state index contributed by atoms with van der Waals surface area (Å²) in [6.45, 7) is 0.458. The third kappa shape index (κ3) is 2.42. The van der Waals surface area contributed by atoms with Crippen molar-refractivity contribution in [3.8, 4) is 11.6 Å². The molecule has 5 nitrogen and oxygen atoms in total. The molecule has 0 amide bonds. The van der Waals surface area contributed by atoms with E-state index in [9.17, 15) is 5.21 Å². The van der Waals surface area contributed by atoms with Crippen molar-refractivity contribution >= 4 is 5.69 Å². The Hall–Kier alpha value is -2.11. The summed E-state index contributed by atoms with van der Waals surface area (Å²) in [4.78, 5) is 4.58. The first-order valence-corrected chi connectivity index (χ1v) is 7.70. The van der Waals surface area contributed by atoms with Crippen molar-refractivity contribution in [2.45, 2.75) is 31.7 Å². The molecule has 2 aromatic rings. The van der Waals surface area contributed by atoms with Crippen LogP contribution in [-0.4, -0.2) is 22.8 Å². The second kappa shape index (κ2) is 5.26. The molecule has 1 atom stereocenters. The zero-order chi connectivity index (χ0) is 15.1. The number of aromatic nitrogens is 1. The summed E-state index contributed by atoms with van der Waals surface area (Å²) in [5.74, 6) is 1.35. The van der Waals surface area contributed by atoms with Crippen LogP contribution in [0.4, 0.5) is 5.69 Å². The molecule has 114 valence electrons. The van der Waals surface area contributed by atoms with Crippen LogP contribution in [0.25, 0.3) is 0 Å². The number of ether oxygens (including phenoxy) is 1. The van der Waals surface area contributed by atoms with Crippen LogP contribution in [0.3, 0.4) is 0 Å². The predicted molar refractivity (Wildman–Crippen MR) is 83.6 cm³/mol. The standard InChI is InChI=1S/C17H19N3O2/c18-13-8-12-9-14(5-6-16(12)20(21)10-13)22-17-7-4-11-2-1-3-15(11)19-17/h4-7,9,13,21H,1-3,8,10,18H2. The van der Waals surface area contributed by atoms with Gasteiger partial charge in [-0.2, -0.15) is 0 Å². The fourth-order valence-corrected chi connectivity index (χ4v) is 3.29. The second-order valence-corrected chi connectivity index (χ2v) is 6.05. The van der Waals surface area contributed by atoms with E-state index in [1.807, 2.05) is 24.3 Å². The van der Waals surface area contributed by atoms with Crippen molar-refractivity contribution in [1.82, 2.24) is 4.98 Å². The van der Waals surface area contributed by atoms with E-state index in [4.69, 9.17) is 10.5 Å². The molecule has 0 bridgehead atoms. The largest absolute Gasteiger partial charge is 0.439 e. The van der Waals surface area contributed by atoms with E-state index in [-0.39, 0.29) is 6.04 Å². The maximum atomic E-state index is 9.92. The molecule has 3 N–H and O–H groups in total. The molecule has 22 heavy (non-hydrogen) atoms. The van der Waals surface area contributed by atoms with Crippen molar-refractivity contribution in [3.63, 3.8) is 0 Å². The molecule has 4 rings (SSSR count). The lowest BCUT2D eigenvalue weighted by atomic mass is 10.00. The summed E-state index contributed by atoms with van der Waals surface area (Å²) in [5, 5.41) is 11.1. The number of nitrogens with two attached hydrogens (primary N) is 1. The predicted octanol–water partition coefficient (Wildman–Crippen LogP) is 2.44. The number of hydrogen-bond donors (Lipinski definition) is 2. The van der Waals surface area contributed by atoms with Gasteiger partial charge >= 0.3 is 0 Å². The van der Waals surface area contributed by atoms with Crippen LogP contribution in [-0.2, 0) is 19.3 Å². The van der Waals surface area contributed by atoms with Gasteiger partial charge in [0.2, 0.25) is 5.88 Å². The van der Waals surface area contributed by atoms with Crippen LogP contribution in [0, 0.1) is 0 Å². The maximum Gasteiger partial charge on any atom is 0.219 e. The maximum absolute atomic E-state index is 9.92. The topological polar surface area (TPSA) is 71.6 Å². The molecule has 1 aliphatic heterocycles. The molecule has 0 saturated heterocycles. The first-order valence-electron chi connectivity index (χ1n) is 7.70. The molecule has 0 radical (unpaired) electrons. The van der Waals surface area contributed by atoms with Crippen LogP contribution < -0.4 is 15.5 Å². The van der Waals surface area contributed by atoms with Gasteiger partial charge in [0, 0.05) is 17.8 Å². The Kier molecular flexibility index (Phi) is 3.24. The number of fused-ring (bicyclic) bond motifs is 2. The Balaban J connectivity index is 1.60. The van der Waals surface area contributed by atoms with Gasteiger partial charge in [-0.25, -0.2) is 4.98 Å². The highest BCUT2D eigenvalue weighted by Gasteiger charge is 2.21. The van der Waals surface area contributed by atoms with E-state index < -0.39 is 0 Å². The first-order chi connectivity index (χ1) is 10.7. The Labute approximate surface area is 129 Å². The fraction of sp³-hybridized carbons (Fsp3) is 0.353. The lowest BCUT2D eigenvalue weighted by molar-refractivity contribution is 0.238. The number of nitrogens with zero attached hydrogens (tertiary/aromatic N) is 2. The highest BCUT2D eigenvalue weighted by atomic mass is 16.5. The quantitative estimate of drug-likeness (QED) is 0.891. The zero-order valence-corrected chi connectivity index (χ0v) is 12.3. The van der Waals surface area contributed by atoms with Gasteiger partial charge in [-0.1, -0.05) is 6.07 Å². The van der Waals surface area contributed by atoms with Crippen molar-refractivity contribution in [2.24, 2.45) is 5.73 Å². The number of hydroxylamine groups is 1. The number of pyridine rings is 1. The van der Waals surface area contributed by atoms with E-state index in [2.05, 4.69) is 11.1 Å². The van der Waals surface area contributed by atoms with E-state index in [0.717, 1.165) is 42.0 Å². The highest BCUT2D eigenvalue weighted by Crippen LogP contribution is 2.31. The van der Waals surface area contributed by atoms with Gasteiger partial charge < -0.3 is 10.5 Å². The molecule has 1 unspecified atom stereocenters. The summed E-state index contributed by atoms with van der Waals surface area (Å²) in [5.41, 5.74) is 10.2. The smallest absolute Gasteiger partial charge is 0.219 e. The lowest BCUT2D eigenvalue weighted by Crippen LogP contribution is -2.41. The first kappa shape index (κ1) is 13.5. The van der Waals surface area contributed by atoms with Gasteiger partial charge in [0.25, 0.3) is 0 Å². The SMILES string of the molecule is NC1Cc2cc(Oc3ccc4c(n3)CCC4)ccc2N(O)C1. The molecule has 0 saturated carbocycles. The van der Waals surface area contributed by atoms with E-state index >= 15 is 0 Å². The van der Waals surface area contributed by atoms with Crippen LogP contribution in [0.5, 0.6) is 11.6 Å². The van der Waals surface area contributed by atoms with Gasteiger partial charge in [0.15, 0.2) is 0 Å². The number of rotatable bonds is 2. The van der Waals surface area contributed by atoms with E-state index in [1.54, 1.807) is 0 Å². The summed E-state index contributed by atoms with van der Waals surface area (Å²) >= 11 is 0. The molecule has 0 spiro atoms. The van der Waals surface area contributed by atoms with Crippen molar-refractivity contribution in [3.05, 3.63) is 47.2 Å². The van der Waals surface area contributed by atoms with Crippen LogP contribution >= 0.6 is 0 Å². The second-order valence-electron chi connectivity index (χ2n) is 6.05. The number of hydrogen-bond acceptors (Lipinski definition) is 5. The van der Waals surface area contributed by atoms with E-state index in [0.29, 0.717) is 12.4 Å². The minimum Gasteiger partial charge on any atom is -0.439 e. The monoisotopic (exact) mass is 297 g/mol. The van der Waals surface area contributed by atoms with Gasteiger partial charge in [-0.05, 0) is 55.0 Å². The minimum absolute atomic E-state index is 0.0640. The minimum atomic E-state index is -0.0640. The van der Waals surface area contributed by atoms with Gasteiger partial charge in [-0.3, -0.25) is 10.3 Å². The van der Waals surface area contributed by atoms with Crippen LogP contribution in [0.15, 0.2) is 30.3 Å². The Bertz CT molecular complexity index is 717. The fourth-order valence-electron chi connectivity index (χ4n) is 3.29. The van der Waals surface area contributed by atoms with Crippen molar-refractivity contribution in [1.29, 1.82) is 0 Å². The summed E-state index contributed by atoms with van der Waals surface area (Å²) in [7, 11) is 0. The third-order valence-electron chi connectivity index (χ3n) is 4.34. The zero-order valence-electron chi connectivity index (χ0n) is 12.3. The summed E-state index contributed by atoms with van der Waals surface area (Å²) in [6.07, 6.45) is 4.06. The average Bonchev–Trinajstić information content (AvgIpc) is 2.94. The highest BCUT2D eigenvalue weighted by molar-refractivity contribution is 5.57. The number of anilines is 1. The molecule has 1 aliphatic carbocycles. The third-order valence-corrected chi connectivity index (χ3v) is 4.34. The van der Waals surface area contributed by atoms with Crippen molar-refractivity contribution < 1.29 is 9.94 Å². The molecular weight excluding hydrogens is 278 g/mol. The van der Waals surface area contributed by atoms with Crippen molar-refractivity contribution in [2.75, 3.05) is 11.6 Å². The molecule has 1 aromatic carbocycles.